The predicted molar refractivity (Wildman–Crippen MR) is 98.8 cm³/mol. The van der Waals surface area contributed by atoms with Gasteiger partial charge >= 0.3 is 6.18 Å². The molecule has 0 radical (unpaired) electrons. The number of anilines is 2. The zero-order valence-electron chi connectivity index (χ0n) is 14.6. The molecule has 2 aromatic heterocycles. The lowest BCUT2D eigenvalue weighted by atomic mass is 10.2. The molecule has 3 aromatic rings. The fourth-order valence-corrected chi connectivity index (χ4v) is 2.92. The van der Waals surface area contributed by atoms with Gasteiger partial charge < -0.3 is 19.4 Å². The first-order chi connectivity index (χ1) is 13.2. The molecule has 0 atom stereocenters. The number of hydrogen-bond donors (Lipinski definition) is 1. The molecule has 2 heterocycles. The molecule has 0 unspecified atom stereocenters. The third kappa shape index (κ3) is 4.33. The van der Waals surface area contributed by atoms with E-state index in [4.69, 9.17) is 32.7 Å². The molecular weight excluding hydrogens is 422 g/mol. The maximum absolute atomic E-state index is 12.5. The minimum atomic E-state index is -4.30. The highest BCUT2D eigenvalue weighted by molar-refractivity contribution is 6.33. The first-order valence-corrected chi connectivity index (χ1v) is 8.61. The van der Waals surface area contributed by atoms with Gasteiger partial charge in [0.2, 0.25) is 5.28 Å². The van der Waals surface area contributed by atoms with Crippen LogP contribution in [0.5, 0.6) is 11.5 Å². The van der Waals surface area contributed by atoms with Gasteiger partial charge in [0.05, 0.1) is 27.0 Å². The van der Waals surface area contributed by atoms with Crippen LogP contribution in [0.4, 0.5) is 24.7 Å². The Bertz CT molecular complexity index is 985. The molecule has 0 saturated carbocycles. The molecule has 7 nitrogen and oxygen atoms in total. The summed E-state index contributed by atoms with van der Waals surface area (Å²) in [7, 11) is 2.90. The Hall–Kier alpha value is -2.46. The van der Waals surface area contributed by atoms with E-state index in [9.17, 15) is 13.2 Å². The van der Waals surface area contributed by atoms with E-state index >= 15 is 0 Å². The maximum atomic E-state index is 12.5. The normalized spacial score (nSPS) is 11.7. The van der Waals surface area contributed by atoms with E-state index in [1.54, 1.807) is 12.1 Å². The Labute approximate surface area is 167 Å². The molecule has 12 heteroatoms. The summed E-state index contributed by atoms with van der Waals surface area (Å²) in [5, 5.41) is 3.15. The fourth-order valence-electron chi connectivity index (χ4n) is 2.49. The number of imidazole rings is 1. The van der Waals surface area contributed by atoms with Crippen LogP contribution >= 0.6 is 23.2 Å². The maximum Gasteiger partial charge on any atom is 0.390 e. The van der Waals surface area contributed by atoms with Crippen molar-refractivity contribution in [3.05, 3.63) is 28.8 Å². The number of ether oxygens (including phenoxy) is 2. The second kappa shape index (κ2) is 7.88. The van der Waals surface area contributed by atoms with Crippen LogP contribution in [0.2, 0.25) is 10.3 Å². The van der Waals surface area contributed by atoms with Gasteiger partial charge in [-0.15, -0.1) is 0 Å². The minimum absolute atomic E-state index is 0.142. The molecule has 1 aromatic carbocycles. The third-order valence-corrected chi connectivity index (χ3v) is 4.32. The number of nitrogens with one attached hydrogen (secondary N) is 1. The van der Waals surface area contributed by atoms with Crippen molar-refractivity contribution < 1.29 is 22.6 Å². The van der Waals surface area contributed by atoms with E-state index in [0.29, 0.717) is 17.2 Å². The van der Waals surface area contributed by atoms with E-state index in [-0.39, 0.29) is 33.8 Å². The van der Waals surface area contributed by atoms with Crippen LogP contribution < -0.4 is 14.8 Å². The number of rotatable bonds is 6. The van der Waals surface area contributed by atoms with Crippen LogP contribution in [0.3, 0.4) is 0 Å². The molecule has 0 bridgehead atoms. The van der Waals surface area contributed by atoms with Crippen molar-refractivity contribution >= 4 is 45.9 Å². The fraction of sp³-hybridized carbons (Fsp3) is 0.312. The molecule has 0 aliphatic heterocycles. The number of aromatic nitrogens is 4. The van der Waals surface area contributed by atoms with E-state index in [2.05, 4.69) is 20.3 Å². The lowest BCUT2D eigenvalue weighted by Gasteiger charge is -2.13. The standard InChI is InChI=1S/C16H14Cl2F3N5O2/c1-27-9-5-8(6-10(28-2)11(9)17)23-13-12-14(25-15(18)24-13)26(7-22-12)4-3-16(19,20)21/h5-7H,3-4H2,1-2H3,(H,23,24,25). The van der Waals surface area contributed by atoms with Crippen LogP contribution in [0.25, 0.3) is 11.2 Å². The second-order valence-electron chi connectivity index (χ2n) is 5.64. The highest BCUT2D eigenvalue weighted by Crippen LogP contribution is 2.38. The Morgan fingerprint density at radius 3 is 2.32 bits per heavy atom. The van der Waals surface area contributed by atoms with Crippen LogP contribution in [0.15, 0.2) is 18.5 Å². The number of methoxy groups -OCH3 is 2. The number of aryl methyl sites for hydroxylation is 1. The van der Waals surface area contributed by atoms with Crippen LogP contribution in [-0.4, -0.2) is 39.9 Å². The molecule has 0 fully saturated rings. The second-order valence-corrected chi connectivity index (χ2v) is 6.35. The van der Waals surface area contributed by atoms with Crippen molar-refractivity contribution in [2.24, 2.45) is 0 Å². The number of nitrogens with zero attached hydrogens (tertiary/aromatic N) is 4. The minimum Gasteiger partial charge on any atom is -0.495 e. The Morgan fingerprint density at radius 2 is 1.75 bits per heavy atom. The van der Waals surface area contributed by atoms with Crippen molar-refractivity contribution in [2.75, 3.05) is 19.5 Å². The van der Waals surface area contributed by atoms with Crippen molar-refractivity contribution in [3.8, 4) is 11.5 Å². The third-order valence-electron chi connectivity index (χ3n) is 3.78. The monoisotopic (exact) mass is 435 g/mol. The van der Waals surface area contributed by atoms with Gasteiger partial charge in [-0.2, -0.15) is 23.1 Å². The first-order valence-electron chi connectivity index (χ1n) is 7.85. The summed E-state index contributed by atoms with van der Waals surface area (Å²) in [4.78, 5) is 12.2. The van der Waals surface area contributed by atoms with Crippen molar-refractivity contribution in [2.45, 2.75) is 19.1 Å². The molecule has 0 aliphatic carbocycles. The van der Waals surface area contributed by atoms with Gasteiger partial charge in [-0.1, -0.05) is 11.6 Å². The molecule has 0 saturated heterocycles. The number of benzene rings is 1. The summed E-state index contributed by atoms with van der Waals surface area (Å²) in [6.07, 6.45) is -4.06. The average molecular weight is 436 g/mol. The summed E-state index contributed by atoms with van der Waals surface area (Å²) in [6.45, 7) is -0.338. The number of fused-ring (bicyclic) bond motifs is 1. The Balaban J connectivity index is 1.99. The van der Waals surface area contributed by atoms with Crippen LogP contribution in [-0.2, 0) is 6.54 Å². The van der Waals surface area contributed by atoms with Crippen molar-refractivity contribution in [1.82, 2.24) is 19.5 Å². The smallest absolute Gasteiger partial charge is 0.390 e. The molecule has 28 heavy (non-hydrogen) atoms. The van der Waals surface area contributed by atoms with E-state index in [1.807, 2.05) is 0 Å². The van der Waals surface area contributed by atoms with Gasteiger partial charge in [-0.05, 0) is 11.6 Å². The number of hydrogen-bond acceptors (Lipinski definition) is 6. The zero-order chi connectivity index (χ0) is 20.5. The lowest BCUT2D eigenvalue weighted by molar-refractivity contribution is -0.136. The molecular formula is C16H14Cl2F3N5O2. The Kier molecular flexibility index (Phi) is 5.71. The van der Waals surface area contributed by atoms with Gasteiger partial charge in [0.25, 0.3) is 0 Å². The topological polar surface area (TPSA) is 74.1 Å². The molecule has 0 aliphatic rings. The largest absolute Gasteiger partial charge is 0.495 e. The summed E-state index contributed by atoms with van der Waals surface area (Å²) >= 11 is 12.1. The summed E-state index contributed by atoms with van der Waals surface area (Å²) in [5.74, 6) is 0.929. The average Bonchev–Trinajstić information content (AvgIpc) is 3.03. The summed E-state index contributed by atoms with van der Waals surface area (Å²) in [5.41, 5.74) is 0.943. The van der Waals surface area contributed by atoms with Gasteiger partial charge in [0.1, 0.15) is 16.5 Å². The SMILES string of the molecule is COc1cc(Nc2nc(Cl)nc3c2ncn3CCC(F)(F)F)cc(OC)c1Cl. The first kappa shape index (κ1) is 20.3. The van der Waals surface area contributed by atoms with E-state index < -0.39 is 12.6 Å². The highest BCUT2D eigenvalue weighted by atomic mass is 35.5. The van der Waals surface area contributed by atoms with Gasteiger partial charge in [-0.25, -0.2) is 4.98 Å². The van der Waals surface area contributed by atoms with Gasteiger partial charge in [0.15, 0.2) is 17.0 Å². The van der Waals surface area contributed by atoms with Crippen LogP contribution in [0, 0.1) is 0 Å². The zero-order valence-corrected chi connectivity index (χ0v) is 16.2. The highest BCUT2D eigenvalue weighted by Gasteiger charge is 2.27. The number of halogens is 5. The predicted octanol–water partition coefficient (Wildman–Crippen LogP) is 4.85. The summed E-state index contributed by atoms with van der Waals surface area (Å²) < 4.78 is 49.3. The number of alkyl halides is 3. The van der Waals surface area contributed by atoms with E-state index in [1.165, 1.54) is 25.1 Å². The lowest BCUT2D eigenvalue weighted by Crippen LogP contribution is -2.12. The quantitative estimate of drug-likeness (QED) is 0.558. The van der Waals surface area contributed by atoms with Gasteiger partial charge in [0, 0.05) is 24.4 Å². The van der Waals surface area contributed by atoms with Crippen molar-refractivity contribution in [1.29, 1.82) is 0 Å². The summed E-state index contributed by atoms with van der Waals surface area (Å²) in [6, 6.07) is 3.21. The molecule has 0 amide bonds. The molecule has 150 valence electrons. The van der Waals surface area contributed by atoms with Crippen molar-refractivity contribution in [3.63, 3.8) is 0 Å². The van der Waals surface area contributed by atoms with E-state index in [0.717, 1.165) is 0 Å². The Morgan fingerprint density at radius 1 is 1.11 bits per heavy atom. The van der Waals surface area contributed by atoms with Gasteiger partial charge in [-0.3, -0.25) is 0 Å². The molecule has 1 N–H and O–H groups in total. The van der Waals surface area contributed by atoms with Crippen LogP contribution in [0.1, 0.15) is 6.42 Å². The molecule has 3 rings (SSSR count). The molecule has 0 spiro atoms.